The lowest BCUT2D eigenvalue weighted by Crippen LogP contribution is -2.10. The van der Waals surface area contributed by atoms with Crippen molar-refractivity contribution in [3.05, 3.63) is 42.1 Å². The lowest BCUT2D eigenvalue weighted by atomic mass is 10.2. The zero-order valence-electron chi connectivity index (χ0n) is 9.34. The lowest BCUT2D eigenvalue weighted by Gasteiger charge is -2.08. The molecule has 0 aliphatic carbocycles. The van der Waals surface area contributed by atoms with Gasteiger partial charge >= 0.3 is 0 Å². The largest absolute Gasteiger partial charge is 0.366 e. The van der Waals surface area contributed by atoms with Gasteiger partial charge in [0.2, 0.25) is 5.91 Å². The van der Waals surface area contributed by atoms with E-state index in [1.165, 1.54) is 0 Å². The predicted octanol–water partition coefficient (Wildman–Crippen LogP) is 2.25. The van der Waals surface area contributed by atoms with E-state index in [-0.39, 0.29) is 0 Å². The summed E-state index contributed by atoms with van der Waals surface area (Å²) >= 11 is 0. The molecular weight excluding hydrogens is 204 g/mol. The molecule has 0 unspecified atom stereocenters. The van der Waals surface area contributed by atoms with E-state index >= 15 is 0 Å². The number of carbonyl (C=O) groups excluding carboxylic acids is 1. The molecule has 0 spiro atoms. The van der Waals surface area contributed by atoms with Gasteiger partial charge in [-0.2, -0.15) is 0 Å². The number of nitrogens with zero attached hydrogens (tertiary/aromatic N) is 3. The maximum Gasteiger partial charge on any atom is 0.248 e. The van der Waals surface area contributed by atoms with Gasteiger partial charge in [0, 0.05) is 18.3 Å². The Balaban J connectivity index is 2.76. The molecule has 0 aliphatic heterocycles. The fourth-order valence-corrected chi connectivity index (χ4v) is 0.887. The summed E-state index contributed by atoms with van der Waals surface area (Å²) in [5.41, 5.74) is 7.00. The fraction of sp³-hybridized carbons (Fsp3) is 0.182. The molecule has 0 radical (unpaired) electrons. The molecule has 1 amide bonds. The Kier molecular flexibility index (Phi) is 3.77. The molecule has 5 nitrogen and oxygen atoms in total. The van der Waals surface area contributed by atoms with Crippen molar-refractivity contribution < 1.29 is 4.79 Å². The fourth-order valence-electron chi connectivity index (χ4n) is 0.887. The SMILES string of the molecule is C=C(C)N(C)N=Nc1ccc(C(N)=O)cc1. The first kappa shape index (κ1) is 11.9. The summed E-state index contributed by atoms with van der Waals surface area (Å²) in [4.78, 5) is 10.8. The summed E-state index contributed by atoms with van der Waals surface area (Å²) in [7, 11) is 1.75. The number of hydrogen-bond acceptors (Lipinski definition) is 3. The van der Waals surface area contributed by atoms with Gasteiger partial charge in [-0.05, 0) is 31.2 Å². The lowest BCUT2D eigenvalue weighted by molar-refractivity contribution is 0.100. The molecule has 0 bridgehead atoms. The molecule has 0 fully saturated rings. The van der Waals surface area contributed by atoms with E-state index in [2.05, 4.69) is 16.9 Å². The monoisotopic (exact) mass is 218 g/mol. The Hall–Kier alpha value is -2.17. The molecule has 1 rings (SSSR count). The van der Waals surface area contributed by atoms with E-state index in [1.807, 2.05) is 6.92 Å². The molecule has 0 aromatic heterocycles. The van der Waals surface area contributed by atoms with Crippen LogP contribution in [0.15, 0.2) is 46.9 Å². The Morgan fingerprint density at radius 1 is 1.38 bits per heavy atom. The molecule has 0 heterocycles. The number of benzene rings is 1. The topological polar surface area (TPSA) is 71.1 Å². The smallest absolute Gasteiger partial charge is 0.248 e. The van der Waals surface area contributed by atoms with Gasteiger partial charge in [-0.3, -0.25) is 9.80 Å². The zero-order valence-corrected chi connectivity index (χ0v) is 9.34. The van der Waals surface area contributed by atoms with Crippen LogP contribution in [0.25, 0.3) is 0 Å². The zero-order chi connectivity index (χ0) is 12.1. The van der Waals surface area contributed by atoms with Gasteiger partial charge in [-0.1, -0.05) is 11.8 Å². The standard InChI is InChI=1S/C11H14N4O/c1-8(2)15(3)14-13-10-6-4-9(5-7-10)11(12)16/h4-7H,1H2,2-3H3,(H2,12,16). The van der Waals surface area contributed by atoms with Crippen LogP contribution < -0.4 is 5.73 Å². The van der Waals surface area contributed by atoms with E-state index in [1.54, 1.807) is 36.3 Å². The molecule has 0 saturated carbocycles. The van der Waals surface area contributed by atoms with Gasteiger partial charge in [0.1, 0.15) is 0 Å². The van der Waals surface area contributed by atoms with Gasteiger partial charge in [0.05, 0.1) is 5.69 Å². The van der Waals surface area contributed by atoms with E-state index in [9.17, 15) is 4.79 Å². The third kappa shape index (κ3) is 3.20. The van der Waals surface area contributed by atoms with Crippen molar-refractivity contribution in [3.63, 3.8) is 0 Å². The summed E-state index contributed by atoms with van der Waals surface area (Å²) in [5.74, 6) is -0.456. The highest BCUT2D eigenvalue weighted by Gasteiger charge is 1.99. The Morgan fingerprint density at radius 3 is 2.38 bits per heavy atom. The first-order valence-corrected chi connectivity index (χ1v) is 4.71. The summed E-state index contributed by atoms with van der Waals surface area (Å²) < 4.78 is 0. The van der Waals surface area contributed by atoms with Crippen molar-refractivity contribution in [1.29, 1.82) is 0 Å². The first-order valence-electron chi connectivity index (χ1n) is 4.71. The van der Waals surface area contributed by atoms with Gasteiger partial charge in [0.25, 0.3) is 0 Å². The highest BCUT2D eigenvalue weighted by Crippen LogP contribution is 2.14. The number of carbonyl (C=O) groups is 1. The van der Waals surface area contributed by atoms with Crippen molar-refractivity contribution in [1.82, 2.24) is 5.01 Å². The minimum atomic E-state index is -0.456. The van der Waals surface area contributed by atoms with Crippen molar-refractivity contribution in [2.45, 2.75) is 6.92 Å². The Morgan fingerprint density at radius 2 is 1.94 bits per heavy atom. The highest BCUT2D eigenvalue weighted by molar-refractivity contribution is 5.92. The van der Waals surface area contributed by atoms with Crippen LogP contribution in [0.1, 0.15) is 17.3 Å². The van der Waals surface area contributed by atoms with Crippen LogP contribution in [0.4, 0.5) is 5.69 Å². The molecule has 0 atom stereocenters. The quantitative estimate of drug-likeness (QED) is 0.622. The first-order chi connectivity index (χ1) is 7.50. The highest BCUT2D eigenvalue weighted by atomic mass is 16.1. The molecule has 16 heavy (non-hydrogen) atoms. The molecule has 1 aromatic carbocycles. The average molecular weight is 218 g/mol. The van der Waals surface area contributed by atoms with Crippen molar-refractivity contribution in [2.24, 2.45) is 16.1 Å². The molecule has 5 heteroatoms. The van der Waals surface area contributed by atoms with E-state index in [0.717, 1.165) is 5.70 Å². The summed E-state index contributed by atoms with van der Waals surface area (Å²) in [6.07, 6.45) is 0. The third-order valence-corrected chi connectivity index (χ3v) is 2.00. The van der Waals surface area contributed by atoms with Gasteiger partial charge in [-0.25, -0.2) is 0 Å². The van der Waals surface area contributed by atoms with Gasteiger partial charge in [0.15, 0.2) is 0 Å². The summed E-state index contributed by atoms with van der Waals surface area (Å²) in [6, 6.07) is 6.57. The van der Waals surface area contributed by atoms with E-state index in [0.29, 0.717) is 11.3 Å². The van der Waals surface area contributed by atoms with Crippen molar-refractivity contribution >= 4 is 11.6 Å². The number of allylic oxidation sites excluding steroid dienone is 1. The number of rotatable bonds is 4. The number of nitrogens with two attached hydrogens (primary N) is 1. The second kappa shape index (κ2) is 5.06. The van der Waals surface area contributed by atoms with Crippen LogP contribution in [-0.4, -0.2) is 18.0 Å². The minimum absolute atomic E-state index is 0.451. The van der Waals surface area contributed by atoms with Crippen molar-refractivity contribution in [2.75, 3.05) is 7.05 Å². The second-order valence-corrected chi connectivity index (χ2v) is 3.36. The molecule has 84 valence electrons. The number of primary amides is 1. The summed E-state index contributed by atoms with van der Waals surface area (Å²) in [5, 5.41) is 9.43. The normalized spacial score (nSPS) is 10.4. The minimum Gasteiger partial charge on any atom is -0.366 e. The van der Waals surface area contributed by atoms with Crippen LogP contribution in [0.2, 0.25) is 0 Å². The van der Waals surface area contributed by atoms with Crippen LogP contribution in [0, 0.1) is 0 Å². The van der Waals surface area contributed by atoms with Crippen molar-refractivity contribution in [3.8, 4) is 0 Å². The van der Waals surface area contributed by atoms with Gasteiger partial charge in [-0.15, -0.1) is 5.11 Å². The summed E-state index contributed by atoms with van der Waals surface area (Å²) in [6.45, 7) is 5.54. The molecule has 0 aliphatic rings. The van der Waals surface area contributed by atoms with Crippen LogP contribution in [0.3, 0.4) is 0 Å². The molecule has 2 N–H and O–H groups in total. The number of hydrogen-bond donors (Lipinski definition) is 1. The number of amides is 1. The molecular formula is C11H14N4O. The maximum absolute atomic E-state index is 10.8. The van der Waals surface area contributed by atoms with Gasteiger partial charge < -0.3 is 5.73 Å². The second-order valence-electron chi connectivity index (χ2n) is 3.36. The predicted molar refractivity (Wildman–Crippen MR) is 62.1 cm³/mol. The molecule has 0 saturated heterocycles. The van der Waals surface area contributed by atoms with E-state index in [4.69, 9.17) is 5.73 Å². The maximum atomic E-state index is 10.8. The Bertz CT molecular complexity index is 422. The van der Waals surface area contributed by atoms with E-state index < -0.39 is 5.91 Å². The average Bonchev–Trinajstić information content (AvgIpc) is 2.26. The van der Waals surface area contributed by atoms with Crippen LogP contribution >= 0.6 is 0 Å². The van der Waals surface area contributed by atoms with Crippen LogP contribution in [0.5, 0.6) is 0 Å². The molecule has 1 aromatic rings. The Labute approximate surface area is 94.2 Å². The third-order valence-electron chi connectivity index (χ3n) is 2.00. The van der Waals surface area contributed by atoms with Crippen LogP contribution in [-0.2, 0) is 0 Å².